The Morgan fingerprint density at radius 1 is 1.28 bits per heavy atom. The molecule has 1 aromatic heterocycles. The number of nitrogens with zero attached hydrogens (tertiary/aromatic N) is 3. The molecule has 4 rings (SSSR count). The largest absolute Gasteiger partial charge is 0.354 e. The highest BCUT2D eigenvalue weighted by atomic mass is 16.2. The second-order valence-electron chi connectivity index (χ2n) is 7.72. The number of rotatable bonds is 7. The SMILES string of the molecule is CC(C)c1ccc([C@@H]2C[C@H]2C(=O)NCCn2cnnc2C2CC2)cc1. The minimum atomic E-state index is 0.133. The molecule has 2 aromatic rings. The predicted molar refractivity (Wildman–Crippen MR) is 96.4 cm³/mol. The molecule has 1 amide bonds. The van der Waals surface area contributed by atoms with Crippen molar-refractivity contribution >= 4 is 5.91 Å². The van der Waals surface area contributed by atoms with Crippen LogP contribution in [0.2, 0.25) is 0 Å². The monoisotopic (exact) mass is 338 g/mol. The summed E-state index contributed by atoms with van der Waals surface area (Å²) >= 11 is 0. The van der Waals surface area contributed by atoms with E-state index in [9.17, 15) is 4.79 Å². The first-order valence-corrected chi connectivity index (χ1v) is 9.38. The minimum Gasteiger partial charge on any atom is -0.354 e. The molecule has 0 unspecified atom stereocenters. The van der Waals surface area contributed by atoms with E-state index in [0.29, 0.717) is 24.3 Å². The van der Waals surface area contributed by atoms with Gasteiger partial charge in [0.25, 0.3) is 0 Å². The number of hydrogen-bond donors (Lipinski definition) is 1. The summed E-state index contributed by atoms with van der Waals surface area (Å²) in [7, 11) is 0. The van der Waals surface area contributed by atoms with Crippen LogP contribution in [0.25, 0.3) is 0 Å². The van der Waals surface area contributed by atoms with Gasteiger partial charge in [0.1, 0.15) is 12.2 Å². The first-order chi connectivity index (χ1) is 12.1. The summed E-state index contributed by atoms with van der Waals surface area (Å²) in [5.41, 5.74) is 2.64. The number of benzene rings is 1. The van der Waals surface area contributed by atoms with Gasteiger partial charge in [-0.1, -0.05) is 38.1 Å². The van der Waals surface area contributed by atoms with Crippen LogP contribution >= 0.6 is 0 Å². The van der Waals surface area contributed by atoms with Crippen LogP contribution in [-0.4, -0.2) is 27.2 Å². The number of nitrogens with one attached hydrogen (secondary N) is 1. The molecule has 1 heterocycles. The zero-order chi connectivity index (χ0) is 17.4. The van der Waals surface area contributed by atoms with E-state index in [-0.39, 0.29) is 11.8 Å². The molecule has 2 aliphatic carbocycles. The van der Waals surface area contributed by atoms with E-state index in [0.717, 1.165) is 18.8 Å². The first-order valence-electron chi connectivity index (χ1n) is 9.38. The lowest BCUT2D eigenvalue weighted by Gasteiger charge is -2.08. The Morgan fingerprint density at radius 3 is 2.72 bits per heavy atom. The molecule has 1 aromatic carbocycles. The maximum Gasteiger partial charge on any atom is 0.223 e. The van der Waals surface area contributed by atoms with Crippen molar-refractivity contribution in [2.45, 2.75) is 57.4 Å². The summed E-state index contributed by atoms with van der Waals surface area (Å²) in [5.74, 6) is 2.90. The van der Waals surface area contributed by atoms with Crippen LogP contribution in [0.4, 0.5) is 0 Å². The minimum absolute atomic E-state index is 0.133. The van der Waals surface area contributed by atoms with Crippen molar-refractivity contribution in [3.8, 4) is 0 Å². The fraction of sp³-hybridized carbons (Fsp3) is 0.550. The normalized spacial score (nSPS) is 22.2. The molecule has 5 heteroatoms. The molecular formula is C20H26N4O. The summed E-state index contributed by atoms with van der Waals surface area (Å²) in [5, 5.41) is 11.3. The van der Waals surface area contributed by atoms with Crippen molar-refractivity contribution in [2.75, 3.05) is 6.54 Å². The second-order valence-corrected chi connectivity index (χ2v) is 7.72. The fourth-order valence-electron chi connectivity index (χ4n) is 3.51. The van der Waals surface area contributed by atoms with Gasteiger partial charge in [0.2, 0.25) is 5.91 Å². The Hall–Kier alpha value is -2.17. The number of aromatic nitrogens is 3. The van der Waals surface area contributed by atoms with Crippen LogP contribution in [0.15, 0.2) is 30.6 Å². The Labute approximate surface area is 148 Å². The van der Waals surface area contributed by atoms with Gasteiger partial charge in [-0.15, -0.1) is 10.2 Å². The highest BCUT2D eigenvalue weighted by molar-refractivity contribution is 5.82. The number of carbonyl (C=O) groups excluding carboxylic acids is 1. The van der Waals surface area contributed by atoms with Crippen molar-refractivity contribution in [2.24, 2.45) is 5.92 Å². The van der Waals surface area contributed by atoms with Crippen LogP contribution in [0, 0.1) is 5.92 Å². The van der Waals surface area contributed by atoms with Crippen LogP contribution in [0.1, 0.15) is 67.8 Å². The van der Waals surface area contributed by atoms with Gasteiger partial charge in [-0.3, -0.25) is 4.79 Å². The van der Waals surface area contributed by atoms with E-state index in [4.69, 9.17) is 0 Å². The zero-order valence-electron chi connectivity index (χ0n) is 15.0. The molecule has 2 fully saturated rings. The standard InChI is InChI=1S/C20H26N4O/c1-13(2)14-3-5-15(6-4-14)17-11-18(17)20(25)21-9-10-24-12-22-23-19(24)16-7-8-16/h3-6,12-13,16-18H,7-11H2,1-2H3,(H,21,25)/t17-,18+/m0/s1. The van der Waals surface area contributed by atoms with E-state index in [1.807, 2.05) is 0 Å². The van der Waals surface area contributed by atoms with Crippen molar-refractivity contribution in [3.05, 3.63) is 47.5 Å². The predicted octanol–water partition coefficient (Wildman–Crippen LogP) is 3.20. The molecule has 0 radical (unpaired) electrons. The van der Waals surface area contributed by atoms with E-state index >= 15 is 0 Å². The number of hydrogen-bond acceptors (Lipinski definition) is 3. The van der Waals surface area contributed by atoms with Crippen LogP contribution in [0.5, 0.6) is 0 Å². The van der Waals surface area contributed by atoms with Gasteiger partial charge in [-0.2, -0.15) is 0 Å². The maximum atomic E-state index is 12.4. The third kappa shape index (κ3) is 3.60. The topological polar surface area (TPSA) is 59.8 Å². The van der Waals surface area contributed by atoms with E-state index < -0.39 is 0 Å². The maximum absolute atomic E-state index is 12.4. The molecule has 2 aliphatic rings. The molecule has 5 nitrogen and oxygen atoms in total. The summed E-state index contributed by atoms with van der Waals surface area (Å²) < 4.78 is 2.08. The lowest BCUT2D eigenvalue weighted by molar-refractivity contribution is -0.122. The Kier molecular flexibility index (Phi) is 4.32. The third-order valence-electron chi connectivity index (χ3n) is 5.40. The van der Waals surface area contributed by atoms with Gasteiger partial charge < -0.3 is 9.88 Å². The molecule has 25 heavy (non-hydrogen) atoms. The summed E-state index contributed by atoms with van der Waals surface area (Å²) in [6.45, 7) is 5.80. The van der Waals surface area contributed by atoms with Gasteiger partial charge in [0.15, 0.2) is 0 Å². The molecule has 132 valence electrons. The molecule has 2 atom stereocenters. The average molecular weight is 338 g/mol. The Bertz CT molecular complexity index is 745. The molecular weight excluding hydrogens is 312 g/mol. The average Bonchev–Trinajstić information content (AvgIpc) is 3.53. The van der Waals surface area contributed by atoms with Gasteiger partial charge in [-0.05, 0) is 42.2 Å². The van der Waals surface area contributed by atoms with Crippen LogP contribution < -0.4 is 5.32 Å². The summed E-state index contributed by atoms with van der Waals surface area (Å²) in [6.07, 6.45) is 5.16. The smallest absolute Gasteiger partial charge is 0.223 e. The Morgan fingerprint density at radius 2 is 2.04 bits per heavy atom. The number of amides is 1. The van der Waals surface area contributed by atoms with Crippen LogP contribution in [0.3, 0.4) is 0 Å². The van der Waals surface area contributed by atoms with E-state index in [1.165, 1.54) is 24.0 Å². The van der Waals surface area contributed by atoms with Gasteiger partial charge in [0.05, 0.1) is 0 Å². The van der Waals surface area contributed by atoms with Gasteiger partial charge >= 0.3 is 0 Å². The van der Waals surface area contributed by atoms with Crippen molar-refractivity contribution in [1.29, 1.82) is 0 Å². The first kappa shape index (κ1) is 16.3. The lowest BCUT2D eigenvalue weighted by atomic mass is 10.00. The van der Waals surface area contributed by atoms with Crippen molar-refractivity contribution in [3.63, 3.8) is 0 Å². The van der Waals surface area contributed by atoms with Crippen molar-refractivity contribution < 1.29 is 4.79 Å². The highest BCUT2D eigenvalue weighted by Gasteiger charge is 2.43. The van der Waals surface area contributed by atoms with Crippen LogP contribution in [-0.2, 0) is 11.3 Å². The number of carbonyl (C=O) groups is 1. The summed E-state index contributed by atoms with van der Waals surface area (Å²) in [4.78, 5) is 12.4. The molecule has 0 spiro atoms. The van der Waals surface area contributed by atoms with E-state index in [2.05, 4.69) is 58.2 Å². The molecule has 0 saturated heterocycles. The molecule has 0 aliphatic heterocycles. The quantitative estimate of drug-likeness (QED) is 0.843. The molecule has 2 saturated carbocycles. The molecule has 1 N–H and O–H groups in total. The highest BCUT2D eigenvalue weighted by Crippen LogP contribution is 2.47. The molecule has 0 bridgehead atoms. The van der Waals surface area contributed by atoms with Crippen molar-refractivity contribution in [1.82, 2.24) is 20.1 Å². The van der Waals surface area contributed by atoms with Gasteiger partial charge in [0, 0.05) is 24.9 Å². The lowest BCUT2D eigenvalue weighted by Crippen LogP contribution is -2.29. The summed E-state index contributed by atoms with van der Waals surface area (Å²) in [6, 6.07) is 8.76. The fourth-order valence-corrected chi connectivity index (χ4v) is 3.51. The van der Waals surface area contributed by atoms with E-state index in [1.54, 1.807) is 6.33 Å². The second kappa shape index (κ2) is 6.62. The van der Waals surface area contributed by atoms with Gasteiger partial charge in [-0.25, -0.2) is 0 Å². The zero-order valence-corrected chi connectivity index (χ0v) is 15.0. The Balaban J connectivity index is 1.26. The third-order valence-corrected chi connectivity index (χ3v) is 5.40.